The quantitative estimate of drug-likeness (QED) is 0.613. The van der Waals surface area contributed by atoms with Crippen LogP contribution in [0.15, 0.2) is 36.4 Å². The van der Waals surface area contributed by atoms with Crippen LogP contribution in [0.3, 0.4) is 0 Å². The predicted molar refractivity (Wildman–Crippen MR) is 101 cm³/mol. The van der Waals surface area contributed by atoms with Crippen molar-refractivity contribution in [2.75, 3.05) is 11.9 Å². The maximum atomic E-state index is 6.39. The van der Waals surface area contributed by atoms with Crippen LogP contribution < -0.4 is 5.32 Å². The fourth-order valence-corrected chi connectivity index (χ4v) is 3.62. The minimum absolute atomic E-state index is 0.640. The van der Waals surface area contributed by atoms with Crippen molar-refractivity contribution in [3.8, 4) is 16.9 Å². The van der Waals surface area contributed by atoms with Crippen molar-refractivity contribution in [1.29, 1.82) is 0 Å². The number of nitrogens with zero attached hydrogens (tertiary/aromatic N) is 2. The van der Waals surface area contributed by atoms with E-state index in [1.54, 1.807) is 12.1 Å². The third kappa shape index (κ3) is 2.48. The van der Waals surface area contributed by atoms with Gasteiger partial charge in [0.1, 0.15) is 5.82 Å². The molecule has 3 aromatic rings. The number of hydrogen-bond acceptors (Lipinski definition) is 2. The monoisotopic (exact) mass is 377 g/mol. The number of aromatic nitrogens is 2. The average molecular weight is 379 g/mol. The van der Waals surface area contributed by atoms with Gasteiger partial charge in [-0.25, -0.2) is 4.68 Å². The van der Waals surface area contributed by atoms with Gasteiger partial charge < -0.3 is 5.32 Å². The van der Waals surface area contributed by atoms with Gasteiger partial charge in [0.2, 0.25) is 0 Å². The molecule has 4 rings (SSSR count). The highest BCUT2D eigenvalue weighted by molar-refractivity contribution is 6.35. The van der Waals surface area contributed by atoms with Crippen LogP contribution in [0.2, 0.25) is 15.1 Å². The molecule has 2 aromatic carbocycles. The number of anilines is 1. The Balaban J connectivity index is 1.96. The molecule has 1 N–H and O–H groups in total. The smallest absolute Gasteiger partial charge is 0.133 e. The van der Waals surface area contributed by atoms with E-state index in [2.05, 4.69) is 5.32 Å². The van der Waals surface area contributed by atoms with E-state index in [4.69, 9.17) is 39.9 Å². The molecule has 3 nitrogen and oxygen atoms in total. The normalized spacial score (nSPS) is 13.0. The summed E-state index contributed by atoms with van der Waals surface area (Å²) in [5.41, 5.74) is 4.81. The Kier molecular flexibility index (Phi) is 3.95. The number of hydrogen-bond donors (Lipinski definition) is 1. The summed E-state index contributed by atoms with van der Waals surface area (Å²) in [4.78, 5) is 0. The van der Waals surface area contributed by atoms with Gasteiger partial charge in [-0.3, -0.25) is 0 Å². The fourth-order valence-electron chi connectivity index (χ4n) is 3.07. The lowest BCUT2D eigenvalue weighted by molar-refractivity contribution is 0.875. The van der Waals surface area contributed by atoms with Crippen molar-refractivity contribution in [3.05, 3.63) is 62.6 Å². The number of fused-ring (bicyclic) bond motifs is 1. The van der Waals surface area contributed by atoms with Crippen LogP contribution in [0, 0.1) is 6.92 Å². The highest BCUT2D eigenvalue weighted by atomic mass is 35.5. The van der Waals surface area contributed by atoms with E-state index in [9.17, 15) is 0 Å². The van der Waals surface area contributed by atoms with E-state index in [1.807, 2.05) is 35.9 Å². The van der Waals surface area contributed by atoms with E-state index in [0.717, 1.165) is 51.9 Å². The summed E-state index contributed by atoms with van der Waals surface area (Å²) in [5.74, 6) is 0.992. The first-order valence-corrected chi connectivity index (χ1v) is 8.76. The Morgan fingerprint density at radius 3 is 2.75 bits per heavy atom. The van der Waals surface area contributed by atoms with Crippen LogP contribution in [0.4, 0.5) is 5.82 Å². The molecule has 6 heteroatoms. The molecule has 1 aliphatic rings. The number of halogens is 3. The predicted octanol–water partition coefficient (Wildman–Crippen LogP) is 5.78. The molecule has 1 aliphatic heterocycles. The van der Waals surface area contributed by atoms with E-state index >= 15 is 0 Å². The van der Waals surface area contributed by atoms with Crippen LogP contribution in [0.1, 0.15) is 11.1 Å². The van der Waals surface area contributed by atoms with Crippen molar-refractivity contribution in [2.45, 2.75) is 13.3 Å². The summed E-state index contributed by atoms with van der Waals surface area (Å²) in [6.07, 6.45) is 0.896. The molecule has 1 aromatic heterocycles. The Hall–Kier alpha value is -1.68. The highest BCUT2D eigenvalue weighted by Gasteiger charge is 2.25. The fraction of sp³-hybridized carbons (Fsp3) is 0.167. The molecule has 0 fully saturated rings. The first kappa shape index (κ1) is 15.8. The second-order valence-corrected chi connectivity index (χ2v) is 7.02. The number of rotatable bonds is 2. The van der Waals surface area contributed by atoms with Gasteiger partial charge in [0.15, 0.2) is 0 Å². The van der Waals surface area contributed by atoms with Crippen LogP contribution in [-0.4, -0.2) is 16.3 Å². The van der Waals surface area contributed by atoms with Gasteiger partial charge in [-0.05, 0) is 49.2 Å². The van der Waals surface area contributed by atoms with Gasteiger partial charge in [-0.15, -0.1) is 0 Å². The lowest BCUT2D eigenvalue weighted by Gasteiger charge is -2.10. The lowest BCUT2D eigenvalue weighted by Crippen LogP contribution is -2.06. The van der Waals surface area contributed by atoms with E-state index in [0.29, 0.717) is 10.0 Å². The van der Waals surface area contributed by atoms with Gasteiger partial charge in [0.05, 0.1) is 16.4 Å². The summed E-state index contributed by atoms with van der Waals surface area (Å²) < 4.78 is 1.91. The molecule has 0 unspecified atom stereocenters. The third-order valence-electron chi connectivity index (χ3n) is 4.30. The van der Waals surface area contributed by atoms with Gasteiger partial charge >= 0.3 is 0 Å². The molecule has 122 valence electrons. The highest BCUT2D eigenvalue weighted by Crippen LogP contribution is 2.39. The maximum absolute atomic E-state index is 6.39. The molecule has 2 heterocycles. The van der Waals surface area contributed by atoms with Crippen molar-refractivity contribution >= 4 is 40.6 Å². The van der Waals surface area contributed by atoms with Crippen molar-refractivity contribution in [2.24, 2.45) is 0 Å². The van der Waals surface area contributed by atoms with Crippen molar-refractivity contribution < 1.29 is 0 Å². The van der Waals surface area contributed by atoms with E-state index in [1.165, 1.54) is 0 Å². The second kappa shape index (κ2) is 5.99. The summed E-state index contributed by atoms with van der Waals surface area (Å²) in [7, 11) is 0. The molecule has 0 amide bonds. The molecule has 24 heavy (non-hydrogen) atoms. The first-order valence-electron chi connectivity index (χ1n) is 7.63. The standard InChI is InChI=1S/C18H14Cl3N3/c1-10-14(20)3-2-4-16(10)24-18-12(7-8-22-18)17(23-24)13-9-11(19)5-6-15(13)21/h2-6,9,22H,7-8H2,1H3. The maximum Gasteiger partial charge on any atom is 0.133 e. The van der Waals surface area contributed by atoms with E-state index < -0.39 is 0 Å². The zero-order valence-corrected chi connectivity index (χ0v) is 15.2. The average Bonchev–Trinajstić information content (AvgIpc) is 3.15. The minimum Gasteiger partial charge on any atom is -0.369 e. The molecule has 0 radical (unpaired) electrons. The minimum atomic E-state index is 0.640. The third-order valence-corrected chi connectivity index (χ3v) is 5.28. The zero-order chi connectivity index (χ0) is 16.8. The van der Waals surface area contributed by atoms with Crippen LogP contribution >= 0.6 is 34.8 Å². The summed E-state index contributed by atoms with van der Waals surface area (Å²) >= 11 is 18.8. The zero-order valence-electron chi connectivity index (χ0n) is 12.9. The summed E-state index contributed by atoms with van der Waals surface area (Å²) in [5, 5.41) is 10.2. The summed E-state index contributed by atoms with van der Waals surface area (Å²) in [6.45, 7) is 2.87. The topological polar surface area (TPSA) is 29.9 Å². The van der Waals surface area contributed by atoms with Crippen LogP contribution in [0.5, 0.6) is 0 Å². The number of nitrogens with one attached hydrogen (secondary N) is 1. The van der Waals surface area contributed by atoms with Gasteiger partial charge in [0, 0.05) is 27.7 Å². The van der Waals surface area contributed by atoms with Crippen molar-refractivity contribution in [1.82, 2.24) is 9.78 Å². The molecular weight excluding hydrogens is 365 g/mol. The largest absolute Gasteiger partial charge is 0.369 e. The Labute approximate surface area is 155 Å². The Morgan fingerprint density at radius 1 is 1.08 bits per heavy atom. The lowest BCUT2D eigenvalue weighted by atomic mass is 10.1. The summed E-state index contributed by atoms with van der Waals surface area (Å²) in [6, 6.07) is 11.3. The molecule has 0 atom stereocenters. The molecular formula is C18H14Cl3N3. The van der Waals surface area contributed by atoms with Crippen LogP contribution in [-0.2, 0) is 6.42 Å². The second-order valence-electron chi connectivity index (χ2n) is 5.77. The van der Waals surface area contributed by atoms with E-state index in [-0.39, 0.29) is 0 Å². The van der Waals surface area contributed by atoms with Gasteiger partial charge in [0.25, 0.3) is 0 Å². The first-order chi connectivity index (χ1) is 11.6. The molecule has 0 bridgehead atoms. The Morgan fingerprint density at radius 2 is 1.92 bits per heavy atom. The number of benzene rings is 2. The molecule has 0 aliphatic carbocycles. The van der Waals surface area contributed by atoms with Gasteiger partial charge in [-0.2, -0.15) is 5.10 Å². The molecule has 0 saturated heterocycles. The Bertz CT molecular complexity index is 922. The SMILES string of the molecule is Cc1c(Cl)cccc1-n1nc(-c2cc(Cl)ccc2Cl)c2c1NCC2. The van der Waals surface area contributed by atoms with Gasteiger partial charge in [-0.1, -0.05) is 40.9 Å². The molecule has 0 spiro atoms. The molecule has 0 saturated carbocycles. The van der Waals surface area contributed by atoms with Crippen molar-refractivity contribution in [3.63, 3.8) is 0 Å². The van der Waals surface area contributed by atoms with Crippen LogP contribution in [0.25, 0.3) is 16.9 Å².